The first-order chi connectivity index (χ1) is 12.0. The molecule has 0 saturated carbocycles. The first-order valence-electron chi connectivity index (χ1n) is 7.28. The molecule has 1 heterocycles. The van der Waals surface area contributed by atoms with E-state index in [0.717, 1.165) is 0 Å². The molecule has 25 heavy (non-hydrogen) atoms. The Morgan fingerprint density at radius 3 is 2.72 bits per heavy atom. The number of rotatable bonds is 7. The van der Waals surface area contributed by atoms with Crippen LogP contribution < -0.4 is 14.8 Å². The highest BCUT2D eigenvalue weighted by atomic mass is 32.1. The average Bonchev–Trinajstić information content (AvgIpc) is 3.06. The van der Waals surface area contributed by atoms with Crippen molar-refractivity contribution in [1.82, 2.24) is 4.98 Å². The van der Waals surface area contributed by atoms with Crippen molar-refractivity contribution >= 4 is 34.4 Å². The van der Waals surface area contributed by atoms with Crippen molar-refractivity contribution < 1.29 is 23.8 Å². The number of benzene rings is 1. The van der Waals surface area contributed by atoms with Crippen LogP contribution in [0.25, 0.3) is 6.08 Å². The normalized spacial score (nSPS) is 10.5. The number of carbonyl (C=O) groups is 2. The summed E-state index contributed by atoms with van der Waals surface area (Å²) >= 11 is 1.24. The number of nitrogens with zero attached hydrogens (tertiary/aromatic N) is 1. The molecule has 1 amide bonds. The molecule has 0 saturated heterocycles. The molecule has 0 aliphatic carbocycles. The molecule has 7 nitrogen and oxygen atoms in total. The summed E-state index contributed by atoms with van der Waals surface area (Å²) in [6.45, 7) is 0. The van der Waals surface area contributed by atoms with E-state index in [1.807, 2.05) is 0 Å². The number of thiazole rings is 1. The topological polar surface area (TPSA) is 86.8 Å². The molecule has 8 heteroatoms. The van der Waals surface area contributed by atoms with Crippen molar-refractivity contribution in [1.29, 1.82) is 0 Å². The Hall–Kier alpha value is -2.87. The number of anilines is 1. The van der Waals surface area contributed by atoms with Crippen LogP contribution >= 0.6 is 11.3 Å². The summed E-state index contributed by atoms with van der Waals surface area (Å²) < 4.78 is 15.0. The number of hydrogen-bond donors (Lipinski definition) is 1. The van der Waals surface area contributed by atoms with Crippen molar-refractivity contribution in [2.75, 3.05) is 26.6 Å². The number of methoxy groups -OCH3 is 3. The van der Waals surface area contributed by atoms with Gasteiger partial charge in [-0.2, -0.15) is 0 Å². The van der Waals surface area contributed by atoms with Gasteiger partial charge >= 0.3 is 5.97 Å². The van der Waals surface area contributed by atoms with Gasteiger partial charge in [-0.25, -0.2) is 4.98 Å². The molecule has 2 rings (SSSR count). The second kappa shape index (κ2) is 8.84. The van der Waals surface area contributed by atoms with Gasteiger partial charge in [-0.1, -0.05) is 0 Å². The number of aromatic nitrogens is 1. The second-order valence-electron chi connectivity index (χ2n) is 4.83. The van der Waals surface area contributed by atoms with Gasteiger partial charge in [0.1, 0.15) is 11.5 Å². The number of carbonyl (C=O) groups excluding carboxylic acids is 2. The van der Waals surface area contributed by atoms with Gasteiger partial charge in [0.15, 0.2) is 5.13 Å². The number of ether oxygens (including phenoxy) is 3. The van der Waals surface area contributed by atoms with E-state index in [9.17, 15) is 9.59 Å². The molecule has 1 aromatic heterocycles. The van der Waals surface area contributed by atoms with Crippen molar-refractivity contribution in [2.24, 2.45) is 0 Å². The van der Waals surface area contributed by atoms with E-state index in [2.05, 4.69) is 15.0 Å². The smallest absolute Gasteiger partial charge is 0.311 e. The Morgan fingerprint density at radius 1 is 1.24 bits per heavy atom. The first-order valence-corrected chi connectivity index (χ1v) is 8.16. The van der Waals surface area contributed by atoms with Crippen LogP contribution in [0, 0.1) is 0 Å². The Kier molecular flexibility index (Phi) is 6.53. The lowest BCUT2D eigenvalue weighted by Gasteiger charge is -2.07. The summed E-state index contributed by atoms with van der Waals surface area (Å²) in [7, 11) is 4.43. The summed E-state index contributed by atoms with van der Waals surface area (Å²) in [5, 5.41) is 4.75. The van der Waals surface area contributed by atoms with Crippen LogP contribution in [0.5, 0.6) is 11.5 Å². The van der Waals surface area contributed by atoms with E-state index in [1.54, 1.807) is 43.9 Å². The minimum Gasteiger partial charge on any atom is -0.497 e. The van der Waals surface area contributed by atoms with Crippen molar-refractivity contribution in [3.05, 3.63) is 40.9 Å². The van der Waals surface area contributed by atoms with Gasteiger partial charge in [0.2, 0.25) is 5.91 Å². The van der Waals surface area contributed by atoms with Gasteiger partial charge in [0.25, 0.3) is 0 Å². The SMILES string of the molecule is COC(=O)Cc1csc(NC(=O)/C=C/c2cc(OC)ccc2OC)n1. The highest BCUT2D eigenvalue weighted by Gasteiger charge is 2.09. The van der Waals surface area contributed by atoms with Gasteiger partial charge in [-0.05, 0) is 24.3 Å². The Bertz CT molecular complexity index is 785. The van der Waals surface area contributed by atoms with Crippen molar-refractivity contribution in [3.63, 3.8) is 0 Å². The molecular formula is C17H18N2O5S. The van der Waals surface area contributed by atoms with Gasteiger partial charge in [-0.15, -0.1) is 11.3 Å². The van der Waals surface area contributed by atoms with E-state index < -0.39 is 0 Å². The fourth-order valence-corrected chi connectivity index (χ4v) is 2.66. The lowest BCUT2D eigenvalue weighted by atomic mass is 10.1. The Balaban J connectivity index is 2.02. The van der Waals surface area contributed by atoms with Gasteiger partial charge in [0.05, 0.1) is 33.4 Å². The molecule has 0 unspecified atom stereocenters. The molecule has 2 aromatic rings. The molecule has 0 aliphatic rings. The van der Waals surface area contributed by atoms with E-state index >= 15 is 0 Å². The third kappa shape index (κ3) is 5.32. The number of nitrogens with one attached hydrogen (secondary N) is 1. The maximum atomic E-state index is 12.0. The zero-order chi connectivity index (χ0) is 18.2. The lowest BCUT2D eigenvalue weighted by Crippen LogP contribution is -2.08. The molecule has 0 radical (unpaired) electrons. The first kappa shape index (κ1) is 18.5. The number of amides is 1. The number of hydrogen-bond acceptors (Lipinski definition) is 7. The quantitative estimate of drug-likeness (QED) is 0.602. The van der Waals surface area contributed by atoms with Crippen LogP contribution in [0.15, 0.2) is 29.7 Å². The molecule has 1 N–H and O–H groups in total. The van der Waals surface area contributed by atoms with Crippen molar-refractivity contribution in [2.45, 2.75) is 6.42 Å². The van der Waals surface area contributed by atoms with Crippen LogP contribution in [0.3, 0.4) is 0 Å². The molecule has 0 fully saturated rings. The maximum absolute atomic E-state index is 12.0. The van der Waals surface area contributed by atoms with Crippen LogP contribution in [0.2, 0.25) is 0 Å². The predicted molar refractivity (Wildman–Crippen MR) is 95.0 cm³/mol. The summed E-state index contributed by atoms with van der Waals surface area (Å²) in [5.41, 5.74) is 1.26. The largest absolute Gasteiger partial charge is 0.497 e. The fourth-order valence-electron chi connectivity index (χ4n) is 1.95. The second-order valence-corrected chi connectivity index (χ2v) is 5.69. The van der Waals surface area contributed by atoms with Gasteiger partial charge in [-0.3, -0.25) is 14.9 Å². The molecule has 0 atom stereocenters. The van der Waals surface area contributed by atoms with E-state index in [4.69, 9.17) is 9.47 Å². The standard InChI is InChI=1S/C17H18N2O5S/c1-22-13-5-6-14(23-2)11(8-13)4-7-15(20)19-17-18-12(10-25-17)9-16(21)24-3/h4-8,10H,9H2,1-3H3,(H,18,19,20)/b7-4+. The maximum Gasteiger partial charge on any atom is 0.311 e. The minimum atomic E-state index is -0.381. The Morgan fingerprint density at radius 2 is 2.04 bits per heavy atom. The third-order valence-corrected chi connectivity index (χ3v) is 3.99. The number of esters is 1. The molecule has 0 bridgehead atoms. The Labute approximate surface area is 149 Å². The predicted octanol–water partition coefficient (Wildman–Crippen LogP) is 2.53. The molecule has 0 aliphatic heterocycles. The minimum absolute atomic E-state index is 0.0692. The molecule has 1 aromatic carbocycles. The van der Waals surface area contributed by atoms with Gasteiger partial charge in [0, 0.05) is 17.0 Å². The monoisotopic (exact) mass is 362 g/mol. The summed E-state index contributed by atoms with van der Waals surface area (Å²) in [5.74, 6) is 0.560. The highest BCUT2D eigenvalue weighted by molar-refractivity contribution is 7.14. The highest BCUT2D eigenvalue weighted by Crippen LogP contribution is 2.25. The molecule has 132 valence electrons. The zero-order valence-electron chi connectivity index (χ0n) is 14.1. The fraction of sp³-hybridized carbons (Fsp3) is 0.235. The summed E-state index contributed by atoms with van der Waals surface area (Å²) in [4.78, 5) is 27.4. The van der Waals surface area contributed by atoms with Crippen LogP contribution in [-0.2, 0) is 20.7 Å². The van der Waals surface area contributed by atoms with E-state index in [-0.39, 0.29) is 18.3 Å². The van der Waals surface area contributed by atoms with E-state index in [0.29, 0.717) is 27.9 Å². The van der Waals surface area contributed by atoms with E-state index in [1.165, 1.54) is 24.5 Å². The van der Waals surface area contributed by atoms with Crippen LogP contribution in [0.4, 0.5) is 5.13 Å². The third-order valence-electron chi connectivity index (χ3n) is 3.19. The summed E-state index contributed by atoms with van der Waals surface area (Å²) in [6.07, 6.45) is 3.07. The molecular weight excluding hydrogens is 344 g/mol. The average molecular weight is 362 g/mol. The van der Waals surface area contributed by atoms with Gasteiger partial charge < -0.3 is 14.2 Å². The van der Waals surface area contributed by atoms with Crippen LogP contribution in [-0.4, -0.2) is 38.2 Å². The lowest BCUT2D eigenvalue weighted by molar-refractivity contribution is -0.139. The molecule has 0 spiro atoms. The zero-order valence-corrected chi connectivity index (χ0v) is 14.9. The van der Waals surface area contributed by atoms with Crippen molar-refractivity contribution in [3.8, 4) is 11.5 Å². The summed E-state index contributed by atoms with van der Waals surface area (Å²) in [6, 6.07) is 5.30. The van der Waals surface area contributed by atoms with Crippen LogP contribution in [0.1, 0.15) is 11.3 Å².